The van der Waals surface area contributed by atoms with Crippen LogP contribution in [0, 0.1) is 10.1 Å². The number of rotatable bonds is 5. The Morgan fingerprint density at radius 2 is 2.19 bits per heavy atom. The van der Waals surface area contributed by atoms with Crippen LogP contribution in [0.5, 0.6) is 5.75 Å². The summed E-state index contributed by atoms with van der Waals surface area (Å²) >= 11 is 1.24. The molecule has 1 unspecified atom stereocenters. The van der Waals surface area contributed by atoms with E-state index in [-0.39, 0.29) is 10.6 Å². The second kappa shape index (κ2) is 5.87. The van der Waals surface area contributed by atoms with Gasteiger partial charge >= 0.3 is 103 Å². The van der Waals surface area contributed by atoms with Crippen LogP contribution in [0.4, 0.5) is 5.69 Å². The van der Waals surface area contributed by atoms with Crippen LogP contribution in [0.25, 0.3) is 0 Å². The van der Waals surface area contributed by atoms with Crippen molar-refractivity contribution in [1.29, 1.82) is 0 Å². The Morgan fingerprint density at radius 3 is 2.75 bits per heavy atom. The number of nitro benzene ring substituents is 1. The number of benzene rings is 1. The van der Waals surface area contributed by atoms with E-state index in [1.807, 2.05) is 19.0 Å². The quantitative estimate of drug-likeness (QED) is 0.427. The molecule has 88 valence electrons. The Morgan fingerprint density at radius 1 is 1.50 bits per heavy atom. The fourth-order valence-electron chi connectivity index (χ4n) is 1.12. The van der Waals surface area contributed by atoms with Gasteiger partial charge in [-0.3, -0.25) is 0 Å². The van der Waals surface area contributed by atoms with Crippen molar-refractivity contribution in [3.8, 4) is 5.75 Å². The molecule has 0 radical (unpaired) electrons. The van der Waals surface area contributed by atoms with Crippen LogP contribution in [-0.4, -0.2) is 53.9 Å². The molecule has 0 amide bonds. The van der Waals surface area contributed by atoms with Crippen LogP contribution < -0.4 is 9.09 Å². The van der Waals surface area contributed by atoms with Crippen molar-refractivity contribution in [2.75, 3.05) is 27.2 Å². The average molecular weight is 286 g/mol. The molecule has 0 N–H and O–H groups in total. The average Bonchev–Trinajstić information content (AvgIpc) is 2.19. The van der Waals surface area contributed by atoms with Crippen LogP contribution >= 0.6 is 0 Å². The van der Waals surface area contributed by atoms with E-state index in [0.29, 0.717) is 16.7 Å². The topological polar surface area (TPSA) is 55.6 Å². The Bertz CT molecular complexity index is 382. The van der Waals surface area contributed by atoms with Crippen LogP contribution in [-0.2, 0) is 0 Å². The molecular formula is C10H15AsN2O3. The second-order valence-corrected chi connectivity index (χ2v) is 4.93. The number of ether oxygens (including phenoxy) is 1. The van der Waals surface area contributed by atoms with E-state index >= 15 is 0 Å². The van der Waals surface area contributed by atoms with E-state index in [9.17, 15) is 10.1 Å². The minimum absolute atomic E-state index is 0.127. The molecule has 1 aromatic rings. The number of nitrogens with zero attached hydrogens (tertiary/aromatic N) is 2. The van der Waals surface area contributed by atoms with Gasteiger partial charge in [-0.1, -0.05) is 0 Å². The van der Waals surface area contributed by atoms with Crippen LogP contribution in [0.3, 0.4) is 0 Å². The summed E-state index contributed by atoms with van der Waals surface area (Å²) in [5, 5.41) is 10.7. The summed E-state index contributed by atoms with van der Waals surface area (Å²) in [7, 11) is 3.90. The van der Waals surface area contributed by atoms with Gasteiger partial charge in [0.05, 0.1) is 0 Å². The van der Waals surface area contributed by atoms with Gasteiger partial charge < -0.3 is 0 Å². The maximum atomic E-state index is 10.7. The van der Waals surface area contributed by atoms with Gasteiger partial charge in [0, 0.05) is 0 Å². The molecule has 0 bridgehead atoms. The van der Waals surface area contributed by atoms with E-state index in [1.165, 1.54) is 22.9 Å². The molecule has 0 saturated heterocycles. The van der Waals surface area contributed by atoms with Gasteiger partial charge in [-0.2, -0.15) is 0 Å². The number of hydrogen-bond acceptors (Lipinski definition) is 4. The summed E-state index contributed by atoms with van der Waals surface area (Å²) < 4.78 is 6.13. The molecule has 16 heavy (non-hydrogen) atoms. The zero-order valence-corrected chi connectivity index (χ0v) is 11.8. The molecule has 1 atom stereocenters. The Kier molecular flexibility index (Phi) is 4.77. The molecular weight excluding hydrogens is 271 g/mol. The zero-order valence-electron chi connectivity index (χ0n) is 9.34. The van der Waals surface area contributed by atoms with Crippen molar-refractivity contribution in [2.24, 2.45) is 0 Å². The van der Waals surface area contributed by atoms with E-state index in [1.54, 1.807) is 12.1 Å². The molecule has 0 spiro atoms. The van der Waals surface area contributed by atoms with Crippen molar-refractivity contribution in [2.45, 2.75) is 0 Å². The van der Waals surface area contributed by atoms with Gasteiger partial charge in [-0.05, 0) is 0 Å². The third-order valence-corrected chi connectivity index (χ3v) is 3.03. The maximum absolute atomic E-state index is 10.7. The molecule has 6 heteroatoms. The fraction of sp³-hybridized carbons (Fsp3) is 0.400. The number of nitro groups is 1. The van der Waals surface area contributed by atoms with E-state index in [2.05, 4.69) is 0 Å². The van der Waals surface area contributed by atoms with Crippen molar-refractivity contribution in [1.82, 2.24) is 4.90 Å². The van der Waals surface area contributed by atoms with Gasteiger partial charge in [0.1, 0.15) is 0 Å². The van der Waals surface area contributed by atoms with Crippen molar-refractivity contribution in [3.05, 3.63) is 28.3 Å². The number of hydrogen-bond donors (Lipinski definition) is 0. The molecule has 0 heterocycles. The number of likely N-dealkylation sites (N-methyl/N-ethyl adjacent to an activating group) is 1. The molecule has 5 nitrogen and oxygen atoms in total. The predicted molar refractivity (Wildman–Crippen MR) is 65.3 cm³/mol. The third kappa shape index (κ3) is 3.83. The molecule has 1 aromatic carbocycles. The van der Waals surface area contributed by atoms with Crippen LogP contribution in [0.15, 0.2) is 18.2 Å². The van der Waals surface area contributed by atoms with E-state index in [0.717, 1.165) is 6.54 Å². The first-order valence-corrected chi connectivity index (χ1v) is 6.03. The van der Waals surface area contributed by atoms with Gasteiger partial charge in [0.15, 0.2) is 0 Å². The first-order valence-electron chi connectivity index (χ1n) is 4.82. The molecule has 0 aromatic heterocycles. The molecule has 0 fully saturated rings. The predicted octanol–water partition coefficient (Wildman–Crippen LogP) is -0.206. The van der Waals surface area contributed by atoms with Crippen molar-refractivity contribution in [3.63, 3.8) is 0 Å². The SMILES string of the molecule is CN(C)CCOc1ccc([AsH2])c([N+](=O)[O-])c1. The Labute approximate surface area is 103 Å². The van der Waals surface area contributed by atoms with E-state index in [4.69, 9.17) is 4.74 Å². The zero-order chi connectivity index (χ0) is 12.1. The van der Waals surface area contributed by atoms with Crippen molar-refractivity contribution >= 4 is 26.9 Å². The van der Waals surface area contributed by atoms with Gasteiger partial charge in [0.25, 0.3) is 0 Å². The minimum atomic E-state index is -0.379. The monoisotopic (exact) mass is 286 g/mol. The standard InChI is InChI=1S/C10H15AsN2O3/c1-12(2)5-6-16-8-3-4-9(11)10(7-8)13(14)15/h3-4,7H,5-6,11H2,1-2H3. The summed E-state index contributed by atoms with van der Waals surface area (Å²) in [5.74, 6) is 0.551. The molecule has 0 aliphatic rings. The second-order valence-electron chi connectivity index (χ2n) is 3.63. The molecule has 0 aliphatic heterocycles. The molecule has 0 saturated carbocycles. The van der Waals surface area contributed by atoms with Crippen LogP contribution in [0.2, 0.25) is 0 Å². The van der Waals surface area contributed by atoms with Gasteiger partial charge in [0.2, 0.25) is 0 Å². The normalized spacial score (nSPS) is 10.5. The first-order chi connectivity index (χ1) is 7.50. The Hall–Kier alpha value is -1.06. The third-order valence-electron chi connectivity index (χ3n) is 2.01. The first kappa shape index (κ1) is 13.0. The molecule has 0 aliphatic carbocycles. The van der Waals surface area contributed by atoms with Crippen LogP contribution in [0.1, 0.15) is 0 Å². The van der Waals surface area contributed by atoms with Crippen molar-refractivity contribution < 1.29 is 9.66 Å². The van der Waals surface area contributed by atoms with E-state index < -0.39 is 0 Å². The molecule has 1 rings (SSSR count). The summed E-state index contributed by atoms with van der Waals surface area (Å²) in [5.41, 5.74) is 0.127. The summed E-state index contributed by atoms with van der Waals surface area (Å²) in [4.78, 5) is 12.3. The summed E-state index contributed by atoms with van der Waals surface area (Å²) in [6.07, 6.45) is 0. The Balaban J connectivity index is 2.68. The summed E-state index contributed by atoms with van der Waals surface area (Å²) in [6.45, 7) is 1.31. The van der Waals surface area contributed by atoms with Gasteiger partial charge in [-0.25, -0.2) is 0 Å². The summed E-state index contributed by atoms with van der Waals surface area (Å²) in [6, 6.07) is 4.97. The fourth-order valence-corrected chi connectivity index (χ4v) is 1.72. The van der Waals surface area contributed by atoms with Gasteiger partial charge in [-0.15, -0.1) is 0 Å².